The lowest BCUT2D eigenvalue weighted by molar-refractivity contribution is -0.139. The third kappa shape index (κ3) is 2.66. The maximum Gasteiger partial charge on any atom is 0.310 e. The van der Waals surface area contributed by atoms with Gasteiger partial charge in [0.25, 0.3) is 0 Å². The molecule has 1 aromatic rings. The Morgan fingerprint density at radius 3 is 3.00 bits per heavy atom. The van der Waals surface area contributed by atoms with Crippen LogP contribution in [-0.4, -0.2) is 18.1 Å². The molecule has 0 aliphatic rings. The molecule has 1 heterocycles. The molecular weight excluding hydrogens is 197 g/mol. The van der Waals surface area contributed by atoms with Crippen LogP contribution in [0.3, 0.4) is 0 Å². The first-order chi connectivity index (χ1) is 6.13. The van der Waals surface area contributed by atoms with Crippen LogP contribution < -0.4 is 0 Å². The smallest absolute Gasteiger partial charge is 0.310 e. The van der Waals surface area contributed by atoms with Gasteiger partial charge in [-0.05, 0) is 11.6 Å². The summed E-state index contributed by atoms with van der Waals surface area (Å²) < 4.78 is 17.2. The molecule has 0 spiro atoms. The van der Waals surface area contributed by atoms with E-state index in [1.807, 2.05) is 0 Å². The maximum absolute atomic E-state index is 12.8. The first-order valence-electron chi connectivity index (χ1n) is 3.50. The van der Waals surface area contributed by atoms with Gasteiger partial charge in [0, 0.05) is 6.20 Å². The molecule has 70 valence electrons. The Kier molecular flexibility index (Phi) is 3.19. The molecule has 0 saturated heterocycles. The van der Waals surface area contributed by atoms with E-state index in [2.05, 4.69) is 9.72 Å². The highest BCUT2D eigenvalue weighted by molar-refractivity contribution is 6.29. The standard InChI is InChI=1S/C8H7ClFNO2/c1-13-7(12)3-5-2-6(10)8(9)11-4-5/h2,4H,3H2,1H3. The van der Waals surface area contributed by atoms with Gasteiger partial charge in [-0.2, -0.15) is 0 Å². The third-order valence-corrected chi connectivity index (χ3v) is 1.71. The first kappa shape index (κ1) is 9.92. The van der Waals surface area contributed by atoms with Gasteiger partial charge in [-0.15, -0.1) is 0 Å². The fourth-order valence-electron chi connectivity index (χ4n) is 0.796. The van der Waals surface area contributed by atoms with Crippen LogP contribution in [0.25, 0.3) is 0 Å². The minimum absolute atomic E-state index is 0.00239. The van der Waals surface area contributed by atoms with Crippen molar-refractivity contribution in [3.63, 3.8) is 0 Å². The number of rotatable bonds is 2. The second kappa shape index (κ2) is 4.18. The van der Waals surface area contributed by atoms with E-state index in [1.165, 1.54) is 13.3 Å². The summed E-state index contributed by atoms with van der Waals surface area (Å²) in [6.07, 6.45) is 1.33. The van der Waals surface area contributed by atoms with E-state index in [9.17, 15) is 9.18 Å². The largest absolute Gasteiger partial charge is 0.469 e. The summed E-state index contributed by atoms with van der Waals surface area (Å²) in [6.45, 7) is 0. The topological polar surface area (TPSA) is 39.2 Å². The second-order valence-electron chi connectivity index (χ2n) is 2.37. The second-order valence-corrected chi connectivity index (χ2v) is 2.73. The number of ether oxygens (including phenoxy) is 1. The van der Waals surface area contributed by atoms with E-state index in [-0.39, 0.29) is 11.6 Å². The van der Waals surface area contributed by atoms with Crippen LogP contribution in [0.4, 0.5) is 4.39 Å². The molecular formula is C8H7ClFNO2. The normalized spacial score (nSPS) is 9.77. The van der Waals surface area contributed by atoms with Crippen molar-refractivity contribution in [3.05, 3.63) is 28.8 Å². The van der Waals surface area contributed by atoms with Gasteiger partial charge in [0.2, 0.25) is 0 Å². The number of methoxy groups -OCH3 is 1. The Balaban J connectivity index is 2.79. The molecule has 0 N–H and O–H groups in total. The molecule has 1 aromatic heterocycles. The number of hydrogen-bond acceptors (Lipinski definition) is 3. The van der Waals surface area contributed by atoms with E-state index >= 15 is 0 Å². The molecule has 0 fully saturated rings. The zero-order valence-corrected chi connectivity index (χ0v) is 7.64. The highest BCUT2D eigenvalue weighted by Gasteiger charge is 2.06. The van der Waals surface area contributed by atoms with Crippen molar-refractivity contribution in [2.24, 2.45) is 0 Å². The van der Waals surface area contributed by atoms with Crippen molar-refractivity contribution in [1.82, 2.24) is 4.98 Å². The number of carbonyl (C=O) groups is 1. The summed E-state index contributed by atoms with van der Waals surface area (Å²) in [5.74, 6) is -1.08. The van der Waals surface area contributed by atoms with Crippen molar-refractivity contribution in [2.45, 2.75) is 6.42 Å². The van der Waals surface area contributed by atoms with Crippen LogP contribution in [0.5, 0.6) is 0 Å². The minimum Gasteiger partial charge on any atom is -0.469 e. The van der Waals surface area contributed by atoms with Gasteiger partial charge < -0.3 is 4.74 Å². The molecule has 0 atom stereocenters. The fraction of sp³-hybridized carbons (Fsp3) is 0.250. The van der Waals surface area contributed by atoms with E-state index < -0.39 is 11.8 Å². The van der Waals surface area contributed by atoms with Crippen LogP contribution >= 0.6 is 11.6 Å². The molecule has 0 unspecified atom stereocenters. The van der Waals surface area contributed by atoms with Gasteiger partial charge in [0.05, 0.1) is 13.5 Å². The monoisotopic (exact) mass is 203 g/mol. The Labute approximate surface area is 79.5 Å². The van der Waals surface area contributed by atoms with Crippen LogP contribution in [0.15, 0.2) is 12.3 Å². The van der Waals surface area contributed by atoms with Crippen LogP contribution in [0, 0.1) is 5.82 Å². The number of esters is 1. The predicted molar refractivity (Wildman–Crippen MR) is 44.9 cm³/mol. The minimum atomic E-state index is -0.636. The highest BCUT2D eigenvalue weighted by Crippen LogP contribution is 2.12. The molecule has 0 radical (unpaired) electrons. The molecule has 0 aliphatic heterocycles. The molecule has 0 saturated carbocycles. The summed E-state index contributed by atoms with van der Waals surface area (Å²) in [4.78, 5) is 14.3. The van der Waals surface area contributed by atoms with Gasteiger partial charge in [-0.25, -0.2) is 9.37 Å². The third-order valence-electron chi connectivity index (χ3n) is 1.43. The number of nitrogens with zero attached hydrogens (tertiary/aromatic N) is 1. The molecule has 0 bridgehead atoms. The molecule has 13 heavy (non-hydrogen) atoms. The van der Waals surface area contributed by atoms with E-state index in [0.29, 0.717) is 5.56 Å². The number of hydrogen-bond donors (Lipinski definition) is 0. The average molecular weight is 204 g/mol. The molecule has 0 amide bonds. The van der Waals surface area contributed by atoms with Crippen molar-refractivity contribution < 1.29 is 13.9 Å². The highest BCUT2D eigenvalue weighted by atomic mass is 35.5. The lowest BCUT2D eigenvalue weighted by atomic mass is 10.2. The Morgan fingerprint density at radius 2 is 2.46 bits per heavy atom. The SMILES string of the molecule is COC(=O)Cc1cnc(Cl)c(F)c1. The average Bonchev–Trinajstić information content (AvgIpc) is 2.11. The molecule has 3 nitrogen and oxygen atoms in total. The molecule has 0 aromatic carbocycles. The number of aromatic nitrogens is 1. The van der Waals surface area contributed by atoms with Crippen molar-refractivity contribution in [2.75, 3.05) is 7.11 Å². The zero-order valence-electron chi connectivity index (χ0n) is 6.88. The number of carbonyl (C=O) groups excluding carboxylic acids is 1. The first-order valence-corrected chi connectivity index (χ1v) is 3.88. The number of pyridine rings is 1. The lowest BCUT2D eigenvalue weighted by Crippen LogP contribution is -2.05. The predicted octanol–water partition coefficient (Wildman–Crippen LogP) is 1.59. The summed E-state index contributed by atoms with van der Waals surface area (Å²) in [6, 6.07) is 1.16. The van der Waals surface area contributed by atoms with Crippen LogP contribution in [0.1, 0.15) is 5.56 Å². The van der Waals surface area contributed by atoms with E-state index in [0.717, 1.165) is 6.07 Å². The fourth-order valence-corrected chi connectivity index (χ4v) is 0.900. The zero-order chi connectivity index (χ0) is 9.84. The van der Waals surface area contributed by atoms with Crippen LogP contribution in [-0.2, 0) is 16.0 Å². The molecule has 0 aliphatic carbocycles. The van der Waals surface area contributed by atoms with E-state index in [1.54, 1.807) is 0 Å². The van der Waals surface area contributed by atoms with Gasteiger partial charge in [-0.3, -0.25) is 4.79 Å². The van der Waals surface area contributed by atoms with Gasteiger partial charge in [0.1, 0.15) is 0 Å². The summed E-state index contributed by atoms with van der Waals surface area (Å²) in [5, 5.41) is -0.200. The maximum atomic E-state index is 12.8. The summed E-state index contributed by atoms with van der Waals surface area (Å²) in [7, 11) is 1.27. The lowest BCUT2D eigenvalue weighted by Gasteiger charge is -1.99. The Morgan fingerprint density at radius 1 is 1.77 bits per heavy atom. The summed E-state index contributed by atoms with van der Waals surface area (Å²) >= 11 is 5.35. The van der Waals surface area contributed by atoms with Crippen molar-refractivity contribution in [1.29, 1.82) is 0 Å². The van der Waals surface area contributed by atoms with Gasteiger partial charge >= 0.3 is 5.97 Å². The van der Waals surface area contributed by atoms with Gasteiger partial charge in [-0.1, -0.05) is 11.6 Å². The van der Waals surface area contributed by atoms with Crippen LogP contribution in [0.2, 0.25) is 5.15 Å². The molecule has 5 heteroatoms. The quantitative estimate of drug-likeness (QED) is 0.541. The van der Waals surface area contributed by atoms with E-state index in [4.69, 9.17) is 11.6 Å². The molecule has 1 rings (SSSR count). The summed E-state index contributed by atoms with van der Waals surface area (Å²) in [5.41, 5.74) is 0.439. The van der Waals surface area contributed by atoms with Gasteiger partial charge in [0.15, 0.2) is 11.0 Å². The number of halogens is 2. The van der Waals surface area contributed by atoms with Crippen molar-refractivity contribution in [3.8, 4) is 0 Å². The Bertz CT molecular complexity index is 330. The van der Waals surface area contributed by atoms with Crippen molar-refractivity contribution >= 4 is 17.6 Å². The Hall–Kier alpha value is -1.16.